The van der Waals surface area contributed by atoms with E-state index in [9.17, 15) is 4.79 Å². The van der Waals surface area contributed by atoms with E-state index < -0.39 is 0 Å². The van der Waals surface area contributed by atoms with Crippen LogP contribution in [0.1, 0.15) is 6.42 Å². The number of carbonyl (C=O) groups is 1. The average molecular weight is 526 g/mol. The van der Waals surface area contributed by atoms with Crippen molar-refractivity contribution in [3.63, 3.8) is 0 Å². The molecule has 1 amide bonds. The maximum Gasteiger partial charge on any atom is 0.247 e. The number of rotatable bonds is 11. The molecule has 1 atom stereocenters. The monoisotopic (exact) mass is 525 g/mol. The standard InChI is InChI=1S/C29H31N7O3/c1-3-26(37)32-23-5-4-6-24(17-23)39-28-25-11-13-30-27(25)34-29(35-28)33-22-9-7-21(8-10-22)31-18-20-12-14-36(19-20)15-16-38-2/h3-11,13,17-18,20H,1,12,14-16,19H2,2H3,(H,32,37)(H2,30,33,34,35). The Balaban J connectivity index is 1.26. The number of amides is 1. The Labute approximate surface area is 226 Å². The lowest BCUT2D eigenvalue weighted by molar-refractivity contribution is -0.111. The van der Waals surface area contributed by atoms with Gasteiger partial charge in [0.25, 0.3) is 0 Å². The molecular weight excluding hydrogens is 494 g/mol. The second-order valence-corrected chi connectivity index (χ2v) is 9.21. The third-order valence-electron chi connectivity index (χ3n) is 6.36. The SMILES string of the molecule is C=CC(=O)Nc1cccc(Oc2nc(Nc3ccc(N=CC4CCN(CCOC)C4)cc3)nc3[nH]ccc23)c1. The second kappa shape index (κ2) is 12.3. The van der Waals surface area contributed by atoms with Crippen LogP contribution in [-0.2, 0) is 9.53 Å². The van der Waals surface area contributed by atoms with E-state index in [4.69, 9.17) is 9.47 Å². The third kappa shape index (κ3) is 6.86. The van der Waals surface area contributed by atoms with Crippen molar-refractivity contribution >= 4 is 46.2 Å². The minimum Gasteiger partial charge on any atom is -0.438 e. The summed E-state index contributed by atoms with van der Waals surface area (Å²) in [4.78, 5) is 31.0. The molecule has 3 N–H and O–H groups in total. The number of aromatic nitrogens is 3. The molecule has 0 radical (unpaired) electrons. The van der Waals surface area contributed by atoms with Gasteiger partial charge in [0, 0.05) is 56.0 Å². The zero-order valence-corrected chi connectivity index (χ0v) is 21.8. The maximum atomic E-state index is 11.7. The van der Waals surface area contributed by atoms with Gasteiger partial charge in [0.05, 0.1) is 17.7 Å². The molecule has 1 unspecified atom stereocenters. The number of hydrogen-bond acceptors (Lipinski definition) is 8. The van der Waals surface area contributed by atoms with E-state index in [1.807, 2.05) is 30.3 Å². The fourth-order valence-electron chi connectivity index (χ4n) is 4.35. The number of carbonyl (C=O) groups excluding carboxylic acids is 1. The molecule has 4 aromatic rings. The van der Waals surface area contributed by atoms with Gasteiger partial charge >= 0.3 is 0 Å². The van der Waals surface area contributed by atoms with Gasteiger partial charge in [-0.2, -0.15) is 9.97 Å². The number of nitrogens with zero attached hydrogens (tertiary/aromatic N) is 4. The van der Waals surface area contributed by atoms with Crippen molar-refractivity contribution in [1.82, 2.24) is 19.9 Å². The molecule has 0 aliphatic carbocycles. The van der Waals surface area contributed by atoms with Gasteiger partial charge < -0.3 is 30.0 Å². The summed E-state index contributed by atoms with van der Waals surface area (Å²) < 4.78 is 11.3. The van der Waals surface area contributed by atoms with Crippen molar-refractivity contribution in [3.8, 4) is 11.6 Å². The Morgan fingerprint density at radius 2 is 2.08 bits per heavy atom. The molecule has 0 bridgehead atoms. The smallest absolute Gasteiger partial charge is 0.247 e. The summed E-state index contributed by atoms with van der Waals surface area (Å²) >= 11 is 0. The molecule has 0 spiro atoms. The minimum absolute atomic E-state index is 0.298. The molecule has 10 heteroatoms. The predicted molar refractivity (Wildman–Crippen MR) is 154 cm³/mol. The van der Waals surface area contributed by atoms with Crippen LogP contribution in [0.25, 0.3) is 11.0 Å². The van der Waals surface area contributed by atoms with E-state index >= 15 is 0 Å². The Morgan fingerprint density at radius 3 is 2.90 bits per heavy atom. The lowest BCUT2D eigenvalue weighted by atomic mass is 10.1. The molecule has 5 rings (SSSR count). The van der Waals surface area contributed by atoms with E-state index in [-0.39, 0.29) is 5.91 Å². The molecule has 10 nitrogen and oxygen atoms in total. The van der Waals surface area contributed by atoms with Gasteiger partial charge in [0.1, 0.15) is 11.4 Å². The molecule has 1 aliphatic rings. The Bertz CT molecular complexity index is 1470. The molecule has 3 heterocycles. The zero-order chi connectivity index (χ0) is 27.0. The molecule has 2 aromatic carbocycles. The zero-order valence-electron chi connectivity index (χ0n) is 21.8. The molecule has 200 valence electrons. The summed E-state index contributed by atoms with van der Waals surface area (Å²) in [6, 6.07) is 16.7. The molecular formula is C29H31N7O3. The molecule has 0 saturated carbocycles. The number of H-pyrrole nitrogens is 1. The van der Waals surface area contributed by atoms with Gasteiger partial charge in [-0.1, -0.05) is 12.6 Å². The fourth-order valence-corrected chi connectivity index (χ4v) is 4.35. The topological polar surface area (TPSA) is 117 Å². The van der Waals surface area contributed by atoms with Gasteiger partial charge in [-0.05, 0) is 61.5 Å². The first-order valence-corrected chi connectivity index (χ1v) is 12.8. The number of nitrogens with one attached hydrogen (secondary N) is 3. The summed E-state index contributed by atoms with van der Waals surface area (Å²) in [6.07, 6.45) is 6.17. The summed E-state index contributed by atoms with van der Waals surface area (Å²) in [5, 5.41) is 6.71. The summed E-state index contributed by atoms with van der Waals surface area (Å²) in [5.74, 6) is 1.45. The highest BCUT2D eigenvalue weighted by Crippen LogP contribution is 2.30. The Morgan fingerprint density at radius 1 is 1.21 bits per heavy atom. The molecule has 39 heavy (non-hydrogen) atoms. The number of hydrogen-bond donors (Lipinski definition) is 3. The van der Waals surface area contributed by atoms with Crippen LogP contribution in [0.2, 0.25) is 0 Å². The van der Waals surface area contributed by atoms with Crippen molar-refractivity contribution in [3.05, 3.63) is 73.4 Å². The normalized spacial score (nSPS) is 15.6. The minimum atomic E-state index is -0.298. The van der Waals surface area contributed by atoms with Gasteiger partial charge in [-0.3, -0.25) is 9.79 Å². The quantitative estimate of drug-likeness (QED) is 0.180. The van der Waals surface area contributed by atoms with E-state index in [0.29, 0.717) is 34.8 Å². The highest BCUT2D eigenvalue weighted by atomic mass is 16.5. The van der Waals surface area contributed by atoms with E-state index in [1.165, 1.54) is 6.08 Å². The van der Waals surface area contributed by atoms with Crippen LogP contribution in [0.4, 0.5) is 23.0 Å². The van der Waals surface area contributed by atoms with Crippen molar-refractivity contribution in [2.45, 2.75) is 6.42 Å². The number of anilines is 3. The van der Waals surface area contributed by atoms with E-state index in [0.717, 1.165) is 49.4 Å². The summed E-state index contributed by atoms with van der Waals surface area (Å²) in [7, 11) is 1.74. The van der Waals surface area contributed by atoms with Crippen molar-refractivity contribution in [2.24, 2.45) is 10.9 Å². The number of methoxy groups -OCH3 is 1. The number of fused-ring (bicyclic) bond motifs is 1. The van der Waals surface area contributed by atoms with Crippen LogP contribution in [0.5, 0.6) is 11.6 Å². The largest absolute Gasteiger partial charge is 0.438 e. The molecule has 1 aliphatic heterocycles. The van der Waals surface area contributed by atoms with Crippen LogP contribution in [-0.4, -0.2) is 65.3 Å². The van der Waals surface area contributed by atoms with Crippen LogP contribution >= 0.6 is 0 Å². The lowest BCUT2D eigenvalue weighted by Gasteiger charge is -2.13. The highest BCUT2D eigenvalue weighted by molar-refractivity contribution is 5.99. The van der Waals surface area contributed by atoms with Crippen molar-refractivity contribution in [2.75, 3.05) is 44.0 Å². The number of aromatic amines is 1. The van der Waals surface area contributed by atoms with Gasteiger partial charge in [0.15, 0.2) is 0 Å². The number of benzene rings is 2. The number of ether oxygens (including phenoxy) is 2. The van der Waals surface area contributed by atoms with Crippen molar-refractivity contribution in [1.29, 1.82) is 0 Å². The number of likely N-dealkylation sites (tertiary alicyclic amines) is 1. The van der Waals surface area contributed by atoms with Crippen LogP contribution in [0.15, 0.2) is 78.4 Å². The third-order valence-corrected chi connectivity index (χ3v) is 6.36. The molecule has 1 fully saturated rings. The average Bonchev–Trinajstić information content (AvgIpc) is 3.61. The van der Waals surface area contributed by atoms with Gasteiger partial charge in [-0.25, -0.2) is 0 Å². The number of aliphatic imine (C=N–C) groups is 1. The lowest BCUT2D eigenvalue weighted by Crippen LogP contribution is -2.25. The predicted octanol–water partition coefficient (Wildman–Crippen LogP) is 5.29. The fraction of sp³-hybridized carbons (Fsp3) is 0.241. The van der Waals surface area contributed by atoms with Crippen LogP contribution < -0.4 is 15.4 Å². The van der Waals surface area contributed by atoms with Gasteiger partial charge in [0.2, 0.25) is 17.7 Å². The summed E-state index contributed by atoms with van der Waals surface area (Å²) in [6.45, 7) is 7.30. The van der Waals surface area contributed by atoms with E-state index in [2.05, 4.69) is 48.3 Å². The highest BCUT2D eigenvalue weighted by Gasteiger charge is 2.20. The second-order valence-electron chi connectivity index (χ2n) is 9.21. The Hall–Kier alpha value is -4.54. The molecule has 1 saturated heterocycles. The first-order chi connectivity index (χ1) is 19.1. The van der Waals surface area contributed by atoms with Crippen LogP contribution in [0.3, 0.4) is 0 Å². The first-order valence-electron chi connectivity index (χ1n) is 12.8. The Kier molecular flexibility index (Phi) is 8.25. The van der Waals surface area contributed by atoms with E-state index in [1.54, 1.807) is 37.6 Å². The first kappa shape index (κ1) is 26.1. The van der Waals surface area contributed by atoms with Crippen LogP contribution in [0, 0.1) is 5.92 Å². The van der Waals surface area contributed by atoms with Crippen molar-refractivity contribution < 1.29 is 14.3 Å². The van der Waals surface area contributed by atoms with Gasteiger partial charge in [-0.15, -0.1) is 0 Å². The molecule has 2 aromatic heterocycles. The maximum absolute atomic E-state index is 11.7. The summed E-state index contributed by atoms with van der Waals surface area (Å²) in [5.41, 5.74) is 2.95.